The number of amides is 2. The first kappa shape index (κ1) is 25.4. The van der Waals surface area contributed by atoms with Crippen molar-refractivity contribution in [2.24, 2.45) is 0 Å². The van der Waals surface area contributed by atoms with E-state index in [-0.39, 0.29) is 22.9 Å². The van der Waals surface area contributed by atoms with Gasteiger partial charge in [-0.2, -0.15) is 0 Å². The van der Waals surface area contributed by atoms with Crippen LogP contribution in [0.25, 0.3) is 0 Å². The fraction of sp³-hybridized carbons (Fsp3) is 0.500. The van der Waals surface area contributed by atoms with Gasteiger partial charge in [0, 0.05) is 49.7 Å². The predicted molar refractivity (Wildman–Crippen MR) is 125 cm³/mol. The Labute approximate surface area is 193 Å². The van der Waals surface area contributed by atoms with E-state index in [4.69, 9.17) is 9.47 Å². The Balaban J connectivity index is 2.08. The molecule has 32 heavy (non-hydrogen) atoms. The molecule has 0 aliphatic rings. The molecular weight excluding hydrogens is 432 g/mol. The number of carbonyl (C=O) groups is 2. The van der Waals surface area contributed by atoms with E-state index in [9.17, 15) is 14.7 Å². The van der Waals surface area contributed by atoms with Gasteiger partial charge in [-0.15, -0.1) is 11.3 Å². The molecule has 2 rings (SSSR count). The lowest BCUT2D eigenvalue weighted by Crippen LogP contribution is -2.42. The minimum atomic E-state index is -0.491. The largest absolute Gasteiger partial charge is 0.507 e. The van der Waals surface area contributed by atoms with Gasteiger partial charge in [0.15, 0.2) is 16.6 Å². The summed E-state index contributed by atoms with van der Waals surface area (Å²) in [5.41, 5.74) is 0.274. The van der Waals surface area contributed by atoms with Crippen LogP contribution in [0.2, 0.25) is 0 Å². The summed E-state index contributed by atoms with van der Waals surface area (Å²) in [4.78, 5) is 33.3. The molecule has 0 aliphatic carbocycles. The topological polar surface area (TPSA) is 104 Å². The number of benzene rings is 1. The van der Waals surface area contributed by atoms with Gasteiger partial charge in [0.2, 0.25) is 0 Å². The van der Waals surface area contributed by atoms with Crippen molar-refractivity contribution >= 4 is 28.3 Å². The van der Waals surface area contributed by atoms with Crippen LogP contribution >= 0.6 is 11.3 Å². The molecule has 1 aromatic heterocycles. The number of thiazole rings is 1. The number of nitrogens with zero attached hydrogens (tertiary/aromatic N) is 3. The van der Waals surface area contributed by atoms with Crippen molar-refractivity contribution < 1.29 is 24.2 Å². The maximum absolute atomic E-state index is 12.9. The molecule has 0 unspecified atom stereocenters. The van der Waals surface area contributed by atoms with Crippen molar-refractivity contribution in [2.45, 2.75) is 39.8 Å². The average molecular weight is 465 g/mol. The van der Waals surface area contributed by atoms with Crippen molar-refractivity contribution in [3.63, 3.8) is 0 Å². The molecule has 2 amide bonds. The van der Waals surface area contributed by atoms with Crippen molar-refractivity contribution in [1.29, 1.82) is 0 Å². The Bertz CT molecular complexity index is 936. The maximum atomic E-state index is 12.9. The van der Waals surface area contributed by atoms with E-state index in [2.05, 4.69) is 42.9 Å². The summed E-state index contributed by atoms with van der Waals surface area (Å²) in [6, 6.07) is 3.48. The van der Waals surface area contributed by atoms with Gasteiger partial charge in [-0.1, -0.05) is 0 Å². The van der Waals surface area contributed by atoms with Gasteiger partial charge in [-0.3, -0.25) is 19.4 Å². The third-order valence-electron chi connectivity index (χ3n) is 5.03. The predicted octanol–water partition coefficient (Wildman–Crippen LogP) is 2.99. The molecular formula is C22H32N4O5S. The van der Waals surface area contributed by atoms with E-state index in [1.807, 2.05) is 0 Å². The zero-order chi connectivity index (χ0) is 24.0. The Morgan fingerprint density at radius 3 is 2.28 bits per heavy atom. The smallest absolute Gasteiger partial charge is 0.270 e. The highest BCUT2D eigenvalue weighted by atomic mass is 32.1. The molecule has 0 radical (unpaired) electrons. The van der Waals surface area contributed by atoms with Crippen LogP contribution in [0.3, 0.4) is 0 Å². The molecule has 176 valence electrons. The van der Waals surface area contributed by atoms with Gasteiger partial charge in [0.05, 0.1) is 19.8 Å². The van der Waals surface area contributed by atoms with Gasteiger partial charge in [-0.05, 0) is 27.7 Å². The summed E-state index contributed by atoms with van der Waals surface area (Å²) in [5, 5.41) is 15.1. The summed E-state index contributed by atoms with van der Waals surface area (Å²) in [6.07, 6.45) is 0. The molecule has 1 aromatic carbocycles. The minimum absolute atomic E-state index is 0.0359. The second-order valence-electron chi connectivity index (χ2n) is 7.79. The standard InChI is InChI=1S/C22H32N4O5S/c1-13(2)26(14(3)4)9-8-23-20(28)16-12-32-22(24-16)25(5)21(29)15-10-18(30-6)19(31-7)11-17(15)27/h10-14,27H,8-9H2,1-7H3,(H,23,28). The van der Waals surface area contributed by atoms with E-state index in [0.29, 0.717) is 35.3 Å². The number of ether oxygens (including phenoxy) is 2. The number of methoxy groups -OCH3 is 2. The molecule has 2 N–H and O–H groups in total. The first-order valence-electron chi connectivity index (χ1n) is 10.3. The number of phenols is 1. The van der Waals surface area contributed by atoms with Gasteiger partial charge >= 0.3 is 0 Å². The Morgan fingerprint density at radius 1 is 1.12 bits per heavy atom. The molecule has 0 saturated carbocycles. The monoisotopic (exact) mass is 464 g/mol. The molecule has 1 heterocycles. The van der Waals surface area contributed by atoms with Gasteiger partial charge in [0.25, 0.3) is 11.8 Å². The van der Waals surface area contributed by atoms with Crippen LogP contribution in [0, 0.1) is 0 Å². The van der Waals surface area contributed by atoms with Crippen molar-refractivity contribution in [1.82, 2.24) is 15.2 Å². The van der Waals surface area contributed by atoms with Gasteiger partial charge in [0.1, 0.15) is 11.4 Å². The van der Waals surface area contributed by atoms with Crippen LogP contribution in [-0.2, 0) is 0 Å². The Hall–Kier alpha value is -2.85. The van der Waals surface area contributed by atoms with E-state index in [0.717, 1.165) is 6.54 Å². The SMILES string of the molecule is COc1cc(O)c(C(=O)N(C)c2nc(C(=O)NCCN(C(C)C)C(C)C)cs2)cc1OC. The van der Waals surface area contributed by atoms with E-state index >= 15 is 0 Å². The number of aromatic nitrogens is 1. The van der Waals surface area contributed by atoms with E-state index in [1.165, 1.54) is 49.6 Å². The fourth-order valence-electron chi connectivity index (χ4n) is 3.33. The summed E-state index contributed by atoms with van der Waals surface area (Å²) < 4.78 is 10.3. The number of nitrogens with one attached hydrogen (secondary N) is 1. The molecule has 0 bridgehead atoms. The maximum Gasteiger partial charge on any atom is 0.270 e. The van der Waals surface area contributed by atoms with Crippen molar-refractivity contribution in [2.75, 3.05) is 39.3 Å². The molecule has 0 aliphatic heterocycles. The lowest BCUT2D eigenvalue weighted by Gasteiger charge is -2.30. The molecule has 2 aromatic rings. The van der Waals surface area contributed by atoms with Crippen LogP contribution in [0.5, 0.6) is 17.2 Å². The third kappa shape index (κ3) is 5.89. The third-order valence-corrected chi connectivity index (χ3v) is 5.95. The first-order chi connectivity index (χ1) is 15.1. The molecule has 0 saturated heterocycles. The van der Waals surface area contributed by atoms with Crippen molar-refractivity contribution in [3.05, 3.63) is 28.8 Å². The summed E-state index contributed by atoms with van der Waals surface area (Å²) in [5.74, 6) is -0.401. The lowest BCUT2D eigenvalue weighted by atomic mass is 10.1. The Kier molecular flexibility index (Phi) is 8.85. The molecule has 0 fully saturated rings. The second-order valence-corrected chi connectivity index (χ2v) is 8.62. The number of rotatable bonds is 10. The zero-order valence-electron chi connectivity index (χ0n) is 19.6. The quantitative estimate of drug-likeness (QED) is 0.557. The number of hydrogen-bond donors (Lipinski definition) is 2. The van der Waals surface area contributed by atoms with Gasteiger partial charge in [-0.25, -0.2) is 4.98 Å². The number of hydrogen-bond acceptors (Lipinski definition) is 8. The van der Waals surface area contributed by atoms with Crippen molar-refractivity contribution in [3.8, 4) is 17.2 Å². The minimum Gasteiger partial charge on any atom is -0.507 e. The number of phenolic OH excluding ortho intramolecular Hbond substituents is 1. The normalized spacial score (nSPS) is 11.2. The van der Waals surface area contributed by atoms with Crippen LogP contribution < -0.4 is 19.7 Å². The number of carbonyl (C=O) groups excluding carboxylic acids is 2. The number of anilines is 1. The van der Waals surface area contributed by atoms with Crippen LogP contribution in [0.15, 0.2) is 17.5 Å². The second kappa shape index (κ2) is 11.1. The van der Waals surface area contributed by atoms with E-state index < -0.39 is 5.91 Å². The highest BCUT2D eigenvalue weighted by Gasteiger charge is 2.23. The van der Waals surface area contributed by atoms with Gasteiger partial charge < -0.3 is 19.9 Å². The zero-order valence-corrected chi connectivity index (χ0v) is 20.4. The van der Waals surface area contributed by atoms with E-state index in [1.54, 1.807) is 5.38 Å². The highest BCUT2D eigenvalue weighted by molar-refractivity contribution is 7.14. The summed E-state index contributed by atoms with van der Waals surface area (Å²) in [7, 11) is 4.42. The molecule has 10 heteroatoms. The molecule has 9 nitrogen and oxygen atoms in total. The highest BCUT2D eigenvalue weighted by Crippen LogP contribution is 2.35. The fourth-order valence-corrected chi connectivity index (χ4v) is 4.10. The lowest BCUT2D eigenvalue weighted by molar-refractivity contribution is 0.0933. The molecule has 0 spiro atoms. The van der Waals surface area contributed by atoms with Crippen LogP contribution in [-0.4, -0.2) is 73.2 Å². The average Bonchev–Trinajstić information content (AvgIpc) is 3.25. The van der Waals surface area contributed by atoms with Crippen LogP contribution in [0.1, 0.15) is 48.5 Å². The summed E-state index contributed by atoms with van der Waals surface area (Å²) >= 11 is 1.17. The van der Waals surface area contributed by atoms with Crippen LogP contribution in [0.4, 0.5) is 5.13 Å². The molecule has 0 atom stereocenters. The Morgan fingerprint density at radius 2 is 1.72 bits per heavy atom. The summed E-state index contributed by atoms with van der Waals surface area (Å²) in [6.45, 7) is 9.72. The first-order valence-corrected chi connectivity index (χ1v) is 11.2. The number of aromatic hydroxyl groups is 1.